The molecule has 4 heteroatoms. The lowest BCUT2D eigenvalue weighted by Crippen LogP contribution is -2.19. The van der Waals surface area contributed by atoms with Gasteiger partial charge in [-0.25, -0.2) is 4.98 Å². The third-order valence-corrected chi connectivity index (χ3v) is 3.15. The number of carbonyl (C=O) groups excluding carboxylic acids is 2. The van der Waals surface area contributed by atoms with Crippen LogP contribution in [0.5, 0.6) is 0 Å². The summed E-state index contributed by atoms with van der Waals surface area (Å²) >= 11 is 0. The van der Waals surface area contributed by atoms with Gasteiger partial charge in [-0.2, -0.15) is 0 Å². The average molecular weight is 265 g/mol. The van der Waals surface area contributed by atoms with Crippen LogP contribution in [0.4, 0.5) is 0 Å². The third kappa shape index (κ3) is 1.91. The van der Waals surface area contributed by atoms with Crippen molar-refractivity contribution >= 4 is 11.6 Å². The number of hydrogen-bond donors (Lipinski definition) is 0. The van der Waals surface area contributed by atoms with E-state index in [1.807, 2.05) is 30.3 Å². The van der Waals surface area contributed by atoms with E-state index >= 15 is 0 Å². The molecule has 0 saturated carbocycles. The molecule has 0 saturated heterocycles. The lowest BCUT2D eigenvalue weighted by molar-refractivity contribution is 0.0912. The molecule has 20 heavy (non-hydrogen) atoms. The van der Waals surface area contributed by atoms with Gasteiger partial charge in [0.05, 0.1) is 18.4 Å². The summed E-state index contributed by atoms with van der Waals surface area (Å²) < 4.78 is 4.93. The van der Waals surface area contributed by atoms with Gasteiger partial charge in [-0.3, -0.25) is 9.59 Å². The Bertz CT molecular complexity index is 733. The van der Waals surface area contributed by atoms with Crippen molar-refractivity contribution in [2.75, 3.05) is 7.11 Å². The van der Waals surface area contributed by atoms with Crippen molar-refractivity contribution in [3.8, 4) is 11.3 Å². The number of pyridine rings is 1. The number of carbonyl (C=O) groups is 2. The number of rotatable bonds is 2. The molecular formula is C16H11NO3. The summed E-state index contributed by atoms with van der Waals surface area (Å²) in [5.41, 5.74) is 2.01. The molecule has 1 heterocycles. The molecule has 1 aromatic heterocycles. The van der Waals surface area contributed by atoms with Crippen molar-refractivity contribution in [1.82, 2.24) is 4.98 Å². The summed E-state index contributed by atoms with van der Waals surface area (Å²) in [6.45, 7) is 0. The van der Waals surface area contributed by atoms with E-state index in [0.717, 1.165) is 5.56 Å². The van der Waals surface area contributed by atoms with Gasteiger partial charge in [0.2, 0.25) is 5.78 Å². The molecule has 4 nitrogen and oxygen atoms in total. The number of hydrogen-bond acceptors (Lipinski definition) is 4. The van der Waals surface area contributed by atoms with Crippen LogP contribution in [0.1, 0.15) is 20.8 Å². The lowest BCUT2D eigenvalue weighted by Gasteiger charge is -2.14. The number of fused-ring (bicyclic) bond motifs is 1. The van der Waals surface area contributed by atoms with E-state index in [1.165, 1.54) is 13.2 Å². The SMILES string of the molecule is COC1=CC(=O)c2ccc(-c3ccccc3)nc2C1=O. The maximum Gasteiger partial charge on any atom is 0.246 e. The zero-order chi connectivity index (χ0) is 14.1. The van der Waals surface area contributed by atoms with Gasteiger partial charge >= 0.3 is 0 Å². The zero-order valence-electron chi connectivity index (χ0n) is 10.8. The number of methoxy groups -OCH3 is 1. The first-order chi connectivity index (χ1) is 9.70. The predicted molar refractivity (Wildman–Crippen MR) is 73.4 cm³/mol. The number of allylic oxidation sites excluding steroid dienone is 2. The van der Waals surface area contributed by atoms with Crippen LogP contribution in [0.3, 0.4) is 0 Å². The second-order valence-corrected chi connectivity index (χ2v) is 4.36. The maximum atomic E-state index is 12.2. The van der Waals surface area contributed by atoms with Gasteiger partial charge in [-0.05, 0) is 12.1 Å². The molecule has 0 fully saturated rings. The second kappa shape index (κ2) is 4.74. The Balaban J connectivity index is 2.13. The average Bonchev–Trinajstić information content (AvgIpc) is 2.51. The van der Waals surface area contributed by atoms with E-state index < -0.39 is 0 Å². The smallest absolute Gasteiger partial charge is 0.246 e. The van der Waals surface area contributed by atoms with Gasteiger partial charge in [-0.1, -0.05) is 30.3 Å². The van der Waals surface area contributed by atoms with Crippen LogP contribution in [0.25, 0.3) is 11.3 Å². The van der Waals surface area contributed by atoms with Gasteiger partial charge in [0, 0.05) is 11.6 Å². The Kier molecular flexibility index (Phi) is 2.91. The van der Waals surface area contributed by atoms with Crippen LogP contribution in [0.2, 0.25) is 0 Å². The molecule has 0 bridgehead atoms. The predicted octanol–water partition coefficient (Wildman–Crippen LogP) is 2.66. The quantitative estimate of drug-likeness (QED) is 0.837. The Morgan fingerprint density at radius 1 is 1.00 bits per heavy atom. The minimum Gasteiger partial charge on any atom is -0.492 e. The van der Waals surface area contributed by atoms with Crippen LogP contribution in [-0.4, -0.2) is 23.7 Å². The van der Waals surface area contributed by atoms with Crippen LogP contribution in [0.15, 0.2) is 54.3 Å². The Hall–Kier alpha value is -2.75. The number of nitrogens with zero attached hydrogens (tertiary/aromatic N) is 1. The fourth-order valence-corrected chi connectivity index (χ4v) is 2.13. The summed E-state index contributed by atoms with van der Waals surface area (Å²) in [5.74, 6) is -0.594. The second-order valence-electron chi connectivity index (χ2n) is 4.36. The van der Waals surface area contributed by atoms with Crippen LogP contribution in [-0.2, 0) is 4.74 Å². The number of ketones is 2. The zero-order valence-corrected chi connectivity index (χ0v) is 10.8. The van der Waals surface area contributed by atoms with Crippen molar-refractivity contribution in [3.05, 3.63) is 65.6 Å². The Morgan fingerprint density at radius 2 is 1.75 bits per heavy atom. The molecule has 3 rings (SSSR count). The van der Waals surface area contributed by atoms with Gasteiger partial charge in [-0.15, -0.1) is 0 Å². The van der Waals surface area contributed by atoms with Gasteiger partial charge in [0.25, 0.3) is 0 Å². The van der Waals surface area contributed by atoms with E-state index in [-0.39, 0.29) is 23.0 Å². The number of aromatic nitrogens is 1. The van der Waals surface area contributed by atoms with Crippen LogP contribution in [0, 0.1) is 0 Å². The first-order valence-corrected chi connectivity index (χ1v) is 6.12. The number of ether oxygens (including phenoxy) is 1. The van der Waals surface area contributed by atoms with E-state index in [2.05, 4.69) is 4.98 Å². The van der Waals surface area contributed by atoms with Gasteiger partial charge < -0.3 is 4.74 Å². The summed E-state index contributed by atoms with van der Waals surface area (Å²) in [6.07, 6.45) is 1.20. The minimum atomic E-state index is -0.361. The monoisotopic (exact) mass is 265 g/mol. The summed E-state index contributed by atoms with van der Waals surface area (Å²) in [6, 6.07) is 12.9. The summed E-state index contributed by atoms with van der Waals surface area (Å²) in [4.78, 5) is 28.4. The standard InChI is InChI=1S/C16H11NO3/c1-20-14-9-13(18)11-7-8-12(17-15(11)16(14)19)10-5-3-2-4-6-10/h2-9H,1H3. The lowest BCUT2D eigenvalue weighted by atomic mass is 9.97. The molecule has 0 radical (unpaired) electrons. The molecule has 0 unspecified atom stereocenters. The summed E-state index contributed by atoms with van der Waals surface area (Å²) in [5, 5.41) is 0. The molecule has 1 aromatic carbocycles. The topological polar surface area (TPSA) is 56.3 Å². The summed E-state index contributed by atoms with van der Waals surface area (Å²) in [7, 11) is 1.36. The van der Waals surface area contributed by atoms with Crippen LogP contribution >= 0.6 is 0 Å². The van der Waals surface area contributed by atoms with Crippen molar-refractivity contribution in [3.63, 3.8) is 0 Å². The molecule has 1 aliphatic rings. The number of Topliss-reactive ketones (excluding diaryl/α,β-unsaturated/α-hetero) is 1. The van der Waals surface area contributed by atoms with Gasteiger partial charge in [0.15, 0.2) is 11.5 Å². The highest BCUT2D eigenvalue weighted by atomic mass is 16.5. The molecule has 0 atom stereocenters. The highest BCUT2D eigenvalue weighted by molar-refractivity contribution is 6.23. The Morgan fingerprint density at radius 3 is 2.45 bits per heavy atom. The maximum absolute atomic E-state index is 12.2. The third-order valence-electron chi connectivity index (χ3n) is 3.15. The molecular weight excluding hydrogens is 254 g/mol. The highest BCUT2D eigenvalue weighted by Crippen LogP contribution is 2.24. The fraction of sp³-hybridized carbons (Fsp3) is 0.0625. The Labute approximate surface area is 115 Å². The fourth-order valence-electron chi connectivity index (χ4n) is 2.13. The molecule has 2 aromatic rings. The highest BCUT2D eigenvalue weighted by Gasteiger charge is 2.28. The minimum absolute atomic E-state index is 0.0280. The van der Waals surface area contributed by atoms with Gasteiger partial charge in [0.1, 0.15) is 5.69 Å². The van der Waals surface area contributed by atoms with E-state index in [0.29, 0.717) is 11.3 Å². The van der Waals surface area contributed by atoms with Crippen LogP contribution < -0.4 is 0 Å². The molecule has 0 N–H and O–H groups in total. The first-order valence-electron chi connectivity index (χ1n) is 6.12. The van der Waals surface area contributed by atoms with E-state index in [4.69, 9.17) is 4.74 Å². The van der Waals surface area contributed by atoms with Crippen molar-refractivity contribution in [2.45, 2.75) is 0 Å². The molecule has 1 aliphatic carbocycles. The number of benzene rings is 1. The van der Waals surface area contributed by atoms with Crippen molar-refractivity contribution in [2.24, 2.45) is 0 Å². The first kappa shape index (κ1) is 12.3. The molecule has 98 valence electrons. The van der Waals surface area contributed by atoms with E-state index in [9.17, 15) is 9.59 Å². The van der Waals surface area contributed by atoms with Crippen molar-refractivity contribution < 1.29 is 14.3 Å². The van der Waals surface area contributed by atoms with Crippen molar-refractivity contribution in [1.29, 1.82) is 0 Å². The molecule has 0 aliphatic heterocycles. The molecule has 0 spiro atoms. The normalized spacial score (nSPS) is 13.8. The van der Waals surface area contributed by atoms with E-state index in [1.54, 1.807) is 12.1 Å². The largest absolute Gasteiger partial charge is 0.492 e. The molecule has 0 amide bonds.